The zero-order valence-electron chi connectivity index (χ0n) is 14.0. The minimum atomic E-state index is 0.999. The Morgan fingerprint density at radius 2 is 1.67 bits per heavy atom. The van der Waals surface area contributed by atoms with Crippen LogP contribution in [0.5, 0.6) is 0 Å². The lowest BCUT2D eigenvalue weighted by Crippen LogP contribution is -2.18. The van der Waals surface area contributed by atoms with E-state index in [1.54, 1.807) is 11.3 Å². The fourth-order valence-corrected chi connectivity index (χ4v) is 3.88. The highest BCUT2D eigenvalue weighted by Gasteiger charge is 2.07. The Morgan fingerprint density at radius 3 is 2.33 bits per heavy atom. The highest BCUT2D eigenvalue weighted by Crippen LogP contribution is 2.29. The summed E-state index contributed by atoms with van der Waals surface area (Å²) < 4.78 is 1.25. The summed E-state index contributed by atoms with van der Waals surface area (Å²) in [5.74, 6) is 0. The molecule has 0 unspecified atom stereocenters. The molecule has 0 aliphatic carbocycles. The third kappa shape index (κ3) is 4.43. The first kappa shape index (κ1) is 17.6. The van der Waals surface area contributed by atoms with E-state index in [9.17, 15) is 0 Å². The van der Waals surface area contributed by atoms with Gasteiger partial charge in [-0.25, -0.2) is 4.98 Å². The maximum Gasteiger partial charge on any atom is 0.124 e. The number of aromatic nitrogens is 1. The van der Waals surface area contributed by atoms with Crippen LogP contribution in [0.1, 0.15) is 18.9 Å². The minimum Gasteiger partial charge on any atom is -0.302 e. The average molecular weight is 448 g/mol. The normalized spacial score (nSPS) is 11.2. The Labute approximate surface area is 161 Å². The van der Waals surface area contributed by atoms with Gasteiger partial charge >= 0.3 is 0 Å². The predicted octanol–water partition coefficient (Wildman–Crippen LogP) is 5.92. The molecule has 0 saturated heterocycles. The fourth-order valence-electron chi connectivity index (χ4n) is 2.68. The summed E-state index contributed by atoms with van der Waals surface area (Å²) in [6.45, 7) is 4.35. The first-order valence-electron chi connectivity index (χ1n) is 8.15. The van der Waals surface area contributed by atoms with Crippen molar-refractivity contribution in [2.75, 3.05) is 13.6 Å². The molecule has 1 aromatic heterocycles. The number of nitrogens with zero attached hydrogens (tertiary/aromatic N) is 2. The van der Waals surface area contributed by atoms with Crippen molar-refractivity contribution in [2.45, 2.75) is 19.9 Å². The number of hydrogen-bond acceptors (Lipinski definition) is 3. The largest absolute Gasteiger partial charge is 0.302 e. The van der Waals surface area contributed by atoms with E-state index in [1.165, 1.54) is 26.7 Å². The monoisotopic (exact) mass is 448 g/mol. The van der Waals surface area contributed by atoms with Gasteiger partial charge in [-0.15, -0.1) is 11.3 Å². The summed E-state index contributed by atoms with van der Waals surface area (Å²) in [5.41, 5.74) is 4.78. The van der Waals surface area contributed by atoms with Gasteiger partial charge in [0.15, 0.2) is 0 Å². The molecule has 0 fully saturated rings. The molecular formula is C20H21IN2S. The van der Waals surface area contributed by atoms with Crippen LogP contribution in [0.2, 0.25) is 0 Å². The van der Waals surface area contributed by atoms with Gasteiger partial charge in [-0.05, 0) is 60.3 Å². The van der Waals surface area contributed by atoms with Crippen molar-refractivity contribution < 1.29 is 0 Å². The average Bonchev–Trinajstić information content (AvgIpc) is 3.06. The van der Waals surface area contributed by atoms with Crippen LogP contribution in [-0.2, 0) is 6.54 Å². The van der Waals surface area contributed by atoms with Crippen molar-refractivity contribution in [1.82, 2.24) is 9.88 Å². The maximum atomic E-state index is 4.81. The Hall–Kier alpha value is -1.24. The van der Waals surface area contributed by atoms with E-state index in [0.717, 1.165) is 23.8 Å². The lowest BCUT2D eigenvalue weighted by Gasteiger charge is -2.15. The molecule has 0 bridgehead atoms. The predicted molar refractivity (Wildman–Crippen MR) is 112 cm³/mol. The van der Waals surface area contributed by atoms with Crippen molar-refractivity contribution in [1.29, 1.82) is 0 Å². The molecule has 1 heterocycles. The molecule has 3 rings (SSSR count). The van der Waals surface area contributed by atoms with Gasteiger partial charge < -0.3 is 4.90 Å². The second-order valence-electron chi connectivity index (χ2n) is 5.98. The quantitative estimate of drug-likeness (QED) is 0.435. The summed E-state index contributed by atoms with van der Waals surface area (Å²) >= 11 is 4.03. The Kier molecular flexibility index (Phi) is 6.03. The lowest BCUT2D eigenvalue weighted by molar-refractivity contribution is 0.327. The second-order valence-corrected chi connectivity index (χ2v) is 8.08. The molecule has 0 aliphatic rings. The van der Waals surface area contributed by atoms with Gasteiger partial charge in [0.05, 0.1) is 5.69 Å². The highest BCUT2D eigenvalue weighted by atomic mass is 127. The molecule has 0 spiro atoms. The van der Waals surface area contributed by atoms with Crippen LogP contribution in [-0.4, -0.2) is 23.5 Å². The molecule has 124 valence electrons. The van der Waals surface area contributed by atoms with Crippen LogP contribution >= 0.6 is 33.9 Å². The molecule has 4 heteroatoms. The first-order valence-corrected chi connectivity index (χ1v) is 10.1. The van der Waals surface area contributed by atoms with Gasteiger partial charge in [-0.2, -0.15) is 0 Å². The topological polar surface area (TPSA) is 16.1 Å². The molecule has 3 aromatic rings. The zero-order valence-corrected chi connectivity index (χ0v) is 17.0. The molecular weight excluding hydrogens is 427 g/mol. The Morgan fingerprint density at radius 1 is 1.00 bits per heavy atom. The number of halogens is 1. The SMILES string of the molecule is CCCN(C)Cc1ccc(-c2csc(-c3ccc(I)cc3)n2)cc1. The van der Waals surface area contributed by atoms with Crippen LogP contribution in [0, 0.1) is 3.57 Å². The molecule has 0 aliphatic heterocycles. The van der Waals surface area contributed by atoms with Crippen LogP contribution in [0.25, 0.3) is 21.8 Å². The maximum absolute atomic E-state index is 4.81. The van der Waals surface area contributed by atoms with E-state index < -0.39 is 0 Å². The van der Waals surface area contributed by atoms with Crippen LogP contribution in [0.4, 0.5) is 0 Å². The van der Waals surface area contributed by atoms with Crippen molar-refractivity contribution in [2.24, 2.45) is 0 Å². The summed E-state index contributed by atoms with van der Waals surface area (Å²) in [6.07, 6.45) is 1.19. The number of rotatable bonds is 6. The summed E-state index contributed by atoms with van der Waals surface area (Å²) in [5, 5.41) is 3.22. The van der Waals surface area contributed by atoms with Gasteiger partial charge in [0.1, 0.15) is 5.01 Å². The van der Waals surface area contributed by atoms with Crippen LogP contribution in [0.3, 0.4) is 0 Å². The molecule has 0 radical (unpaired) electrons. The smallest absolute Gasteiger partial charge is 0.124 e. The third-order valence-corrected chi connectivity index (χ3v) is 5.51. The van der Waals surface area contributed by atoms with Gasteiger partial charge in [0.25, 0.3) is 0 Å². The third-order valence-electron chi connectivity index (χ3n) is 3.90. The van der Waals surface area contributed by atoms with E-state index in [0.29, 0.717) is 0 Å². The fraction of sp³-hybridized carbons (Fsp3) is 0.250. The Bertz CT molecular complexity index is 778. The van der Waals surface area contributed by atoms with Gasteiger partial charge in [0, 0.05) is 26.6 Å². The summed E-state index contributed by atoms with van der Waals surface area (Å²) in [7, 11) is 2.17. The van der Waals surface area contributed by atoms with E-state index in [2.05, 4.69) is 95.4 Å². The van der Waals surface area contributed by atoms with Gasteiger partial charge in [-0.3, -0.25) is 0 Å². The van der Waals surface area contributed by atoms with E-state index in [4.69, 9.17) is 4.98 Å². The highest BCUT2D eigenvalue weighted by molar-refractivity contribution is 14.1. The van der Waals surface area contributed by atoms with E-state index >= 15 is 0 Å². The van der Waals surface area contributed by atoms with E-state index in [1.807, 2.05) is 0 Å². The van der Waals surface area contributed by atoms with Gasteiger partial charge in [-0.1, -0.05) is 43.3 Å². The second kappa shape index (κ2) is 8.23. The standard InChI is InChI=1S/C20H21IN2S/c1-3-12-23(2)13-15-4-6-16(7-5-15)19-14-24-20(22-19)17-8-10-18(21)11-9-17/h4-11,14H,3,12-13H2,1-2H3. The summed E-state index contributed by atoms with van der Waals surface area (Å²) in [6, 6.07) is 17.3. The van der Waals surface area contributed by atoms with Crippen molar-refractivity contribution in [3.63, 3.8) is 0 Å². The molecule has 2 nitrogen and oxygen atoms in total. The van der Waals surface area contributed by atoms with Gasteiger partial charge in [0.2, 0.25) is 0 Å². The molecule has 0 N–H and O–H groups in total. The zero-order chi connectivity index (χ0) is 16.9. The number of thiazole rings is 1. The lowest BCUT2D eigenvalue weighted by atomic mass is 10.1. The molecule has 0 atom stereocenters. The van der Waals surface area contributed by atoms with E-state index in [-0.39, 0.29) is 0 Å². The van der Waals surface area contributed by atoms with Crippen molar-refractivity contribution in [3.05, 3.63) is 63.0 Å². The van der Waals surface area contributed by atoms with Crippen molar-refractivity contribution in [3.8, 4) is 21.8 Å². The molecule has 24 heavy (non-hydrogen) atoms. The summed E-state index contributed by atoms with van der Waals surface area (Å²) in [4.78, 5) is 7.16. The number of benzene rings is 2. The van der Waals surface area contributed by atoms with Crippen molar-refractivity contribution >= 4 is 33.9 Å². The van der Waals surface area contributed by atoms with Crippen LogP contribution in [0.15, 0.2) is 53.9 Å². The molecule has 0 amide bonds. The molecule has 0 saturated carbocycles. The van der Waals surface area contributed by atoms with Crippen LogP contribution < -0.4 is 0 Å². The first-order chi connectivity index (χ1) is 11.7. The molecule has 2 aromatic carbocycles. The minimum absolute atomic E-state index is 0.999. The number of hydrogen-bond donors (Lipinski definition) is 0. The Balaban J connectivity index is 1.74.